The lowest BCUT2D eigenvalue weighted by Crippen LogP contribution is -2.41. The van der Waals surface area contributed by atoms with Crippen LogP contribution in [0.15, 0.2) is 41.3 Å². The molecule has 1 amide bonds. The number of anilines is 1. The van der Waals surface area contributed by atoms with Gasteiger partial charge in [-0.25, -0.2) is 8.42 Å². The summed E-state index contributed by atoms with van der Waals surface area (Å²) in [6.45, 7) is 1.42. The zero-order chi connectivity index (χ0) is 20.2. The quantitative estimate of drug-likeness (QED) is 0.699. The number of carbonyl (C=O) groups excluding carboxylic acids is 1. The van der Waals surface area contributed by atoms with Crippen LogP contribution in [0, 0.1) is 0 Å². The van der Waals surface area contributed by atoms with E-state index in [0.29, 0.717) is 21.5 Å². The molecule has 2 aromatic rings. The highest BCUT2D eigenvalue weighted by Crippen LogP contribution is 2.29. The van der Waals surface area contributed by atoms with Gasteiger partial charge in [-0.1, -0.05) is 23.2 Å². The molecule has 0 unspecified atom stereocenters. The fourth-order valence-corrected chi connectivity index (χ4v) is 3.96. The Bertz CT molecular complexity index is 930. The van der Waals surface area contributed by atoms with Gasteiger partial charge in [0.05, 0.1) is 25.2 Å². The fraction of sp³-hybridized carbons (Fsp3) is 0.235. The second kappa shape index (κ2) is 8.79. The molecule has 0 aliphatic rings. The third-order valence-electron chi connectivity index (χ3n) is 3.52. The number of hydrogen-bond acceptors (Lipinski definition) is 5. The maximum atomic E-state index is 12.5. The van der Waals surface area contributed by atoms with E-state index in [2.05, 4.69) is 10.0 Å². The number of carbonyl (C=O) groups is 1. The summed E-state index contributed by atoms with van der Waals surface area (Å²) >= 11 is 11.8. The summed E-state index contributed by atoms with van der Waals surface area (Å²) in [5.41, 5.74) is 0.356. The summed E-state index contributed by atoms with van der Waals surface area (Å²) in [7, 11) is -1.13. The Hall–Kier alpha value is -2.00. The van der Waals surface area contributed by atoms with Crippen LogP contribution in [-0.2, 0) is 14.8 Å². The molecule has 0 saturated carbocycles. The molecule has 7 nitrogen and oxygen atoms in total. The van der Waals surface area contributed by atoms with Gasteiger partial charge in [0, 0.05) is 21.8 Å². The van der Waals surface area contributed by atoms with Crippen LogP contribution in [-0.4, -0.2) is 34.6 Å². The summed E-state index contributed by atoms with van der Waals surface area (Å²) in [5, 5.41) is 3.25. The Morgan fingerprint density at radius 3 is 2.15 bits per heavy atom. The molecule has 0 aliphatic carbocycles. The zero-order valence-electron chi connectivity index (χ0n) is 14.7. The van der Waals surface area contributed by atoms with Crippen LogP contribution >= 0.6 is 23.2 Å². The van der Waals surface area contributed by atoms with Crippen LogP contribution in [0.2, 0.25) is 10.0 Å². The largest absolute Gasteiger partial charge is 0.493 e. The van der Waals surface area contributed by atoms with Crippen molar-refractivity contribution in [2.45, 2.75) is 17.9 Å². The molecule has 146 valence electrons. The molecule has 0 radical (unpaired) electrons. The van der Waals surface area contributed by atoms with Gasteiger partial charge >= 0.3 is 0 Å². The minimum atomic E-state index is -3.97. The van der Waals surface area contributed by atoms with Crippen LogP contribution in [0.5, 0.6) is 11.5 Å². The SMILES string of the molecule is COc1ccc(S(=O)(=O)N[C@H](C)C(=O)Nc2cc(Cl)cc(Cl)c2)cc1OC. The number of halogens is 2. The molecule has 0 spiro atoms. The van der Waals surface area contributed by atoms with Gasteiger partial charge in [0.1, 0.15) is 0 Å². The predicted molar refractivity (Wildman–Crippen MR) is 104 cm³/mol. The van der Waals surface area contributed by atoms with E-state index in [-0.39, 0.29) is 10.6 Å². The Morgan fingerprint density at radius 1 is 1.00 bits per heavy atom. The number of ether oxygens (including phenoxy) is 2. The van der Waals surface area contributed by atoms with E-state index in [1.54, 1.807) is 0 Å². The average molecular weight is 433 g/mol. The molecule has 0 fully saturated rings. The van der Waals surface area contributed by atoms with Crippen LogP contribution in [0.1, 0.15) is 6.92 Å². The molecule has 0 aliphatic heterocycles. The van der Waals surface area contributed by atoms with Crippen molar-refractivity contribution in [3.63, 3.8) is 0 Å². The Balaban J connectivity index is 2.15. The summed E-state index contributed by atoms with van der Waals surface area (Å²) in [5.74, 6) is 0.0727. The van der Waals surface area contributed by atoms with Crippen LogP contribution in [0.4, 0.5) is 5.69 Å². The van der Waals surface area contributed by atoms with Crippen LogP contribution in [0.25, 0.3) is 0 Å². The standard InChI is InChI=1S/C17H18Cl2N2O5S/c1-10(17(22)20-13-7-11(18)6-12(19)8-13)21-27(23,24)14-4-5-15(25-2)16(9-14)26-3/h4-10,21H,1-3H3,(H,20,22)/t10-/m1/s1. The molecular weight excluding hydrogens is 415 g/mol. The second-order valence-corrected chi connectivity index (χ2v) is 8.09. The summed E-state index contributed by atoms with van der Waals surface area (Å²) in [6, 6.07) is 7.59. The number of rotatable bonds is 7. The molecule has 2 aromatic carbocycles. The van der Waals surface area contributed by atoms with E-state index in [1.165, 1.54) is 57.5 Å². The molecule has 0 bridgehead atoms. The highest BCUT2D eigenvalue weighted by molar-refractivity contribution is 7.89. The lowest BCUT2D eigenvalue weighted by molar-refractivity contribution is -0.117. The van der Waals surface area contributed by atoms with Gasteiger partial charge in [-0.15, -0.1) is 0 Å². The van der Waals surface area contributed by atoms with Gasteiger partial charge < -0.3 is 14.8 Å². The molecule has 1 atom stereocenters. The Labute approximate surface area is 167 Å². The van der Waals surface area contributed by atoms with Crippen molar-refractivity contribution in [3.05, 3.63) is 46.4 Å². The number of sulfonamides is 1. The topological polar surface area (TPSA) is 93.7 Å². The minimum Gasteiger partial charge on any atom is -0.493 e. The van der Waals surface area contributed by atoms with E-state index < -0.39 is 22.0 Å². The highest BCUT2D eigenvalue weighted by Gasteiger charge is 2.23. The van der Waals surface area contributed by atoms with E-state index in [1.807, 2.05) is 0 Å². The van der Waals surface area contributed by atoms with E-state index in [0.717, 1.165) is 0 Å². The Morgan fingerprint density at radius 2 is 1.59 bits per heavy atom. The molecule has 0 aromatic heterocycles. The van der Waals surface area contributed by atoms with Crippen molar-refractivity contribution in [1.82, 2.24) is 4.72 Å². The Kier molecular flexibility index (Phi) is 6.94. The van der Waals surface area contributed by atoms with E-state index >= 15 is 0 Å². The average Bonchev–Trinajstić information content (AvgIpc) is 2.59. The van der Waals surface area contributed by atoms with Gasteiger partial charge in [-0.3, -0.25) is 4.79 Å². The number of hydrogen-bond donors (Lipinski definition) is 2. The van der Waals surface area contributed by atoms with Crippen molar-refractivity contribution >= 4 is 44.8 Å². The first kappa shape index (κ1) is 21.3. The molecule has 2 rings (SSSR count). The van der Waals surface area contributed by atoms with E-state index in [9.17, 15) is 13.2 Å². The zero-order valence-corrected chi connectivity index (χ0v) is 17.1. The highest BCUT2D eigenvalue weighted by atomic mass is 35.5. The fourth-order valence-electron chi connectivity index (χ4n) is 2.21. The minimum absolute atomic E-state index is 0.0643. The van der Waals surface area contributed by atoms with Crippen LogP contribution in [0.3, 0.4) is 0 Å². The first-order chi connectivity index (χ1) is 12.7. The normalized spacial score (nSPS) is 12.3. The van der Waals surface area contributed by atoms with Gasteiger partial charge in [0.25, 0.3) is 0 Å². The van der Waals surface area contributed by atoms with Gasteiger partial charge in [0.15, 0.2) is 11.5 Å². The molecule has 27 heavy (non-hydrogen) atoms. The van der Waals surface area contributed by atoms with Crippen molar-refractivity contribution in [1.29, 1.82) is 0 Å². The van der Waals surface area contributed by atoms with Gasteiger partial charge in [-0.05, 0) is 37.3 Å². The van der Waals surface area contributed by atoms with E-state index in [4.69, 9.17) is 32.7 Å². The monoisotopic (exact) mass is 432 g/mol. The molecule has 0 heterocycles. The molecular formula is C17H18Cl2N2O5S. The number of benzene rings is 2. The molecule has 2 N–H and O–H groups in total. The van der Waals surface area contributed by atoms with Crippen molar-refractivity contribution < 1.29 is 22.7 Å². The third-order valence-corrected chi connectivity index (χ3v) is 5.50. The van der Waals surface area contributed by atoms with Crippen molar-refractivity contribution in [2.24, 2.45) is 0 Å². The molecule has 10 heteroatoms. The molecule has 0 saturated heterocycles. The lowest BCUT2D eigenvalue weighted by atomic mass is 10.3. The van der Waals surface area contributed by atoms with Crippen molar-refractivity contribution in [3.8, 4) is 11.5 Å². The second-order valence-electron chi connectivity index (χ2n) is 5.51. The predicted octanol–water partition coefficient (Wildman–Crippen LogP) is 3.32. The van der Waals surface area contributed by atoms with Crippen LogP contribution < -0.4 is 19.5 Å². The maximum Gasteiger partial charge on any atom is 0.242 e. The van der Waals surface area contributed by atoms with Gasteiger partial charge in [0.2, 0.25) is 15.9 Å². The summed E-state index contributed by atoms with van der Waals surface area (Å²) < 4.78 is 37.6. The van der Waals surface area contributed by atoms with Gasteiger partial charge in [-0.2, -0.15) is 4.72 Å². The first-order valence-corrected chi connectivity index (χ1v) is 9.91. The number of nitrogens with one attached hydrogen (secondary N) is 2. The third kappa shape index (κ3) is 5.49. The lowest BCUT2D eigenvalue weighted by Gasteiger charge is -2.16. The maximum absolute atomic E-state index is 12.5. The first-order valence-electron chi connectivity index (χ1n) is 7.67. The summed E-state index contributed by atoms with van der Waals surface area (Å²) in [6.07, 6.45) is 0. The smallest absolute Gasteiger partial charge is 0.242 e. The number of methoxy groups -OCH3 is 2. The van der Waals surface area contributed by atoms with Crippen molar-refractivity contribution in [2.75, 3.05) is 19.5 Å². The number of amides is 1. The summed E-state index contributed by atoms with van der Waals surface area (Å²) in [4.78, 5) is 12.2.